The van der Waals surface area contributed by atoms with E-state index in [2.05, 4.69) is 29.2 Å². The van der Waals surface area contributed by atoms with Gasteiger partial charge in [-0.05, 0) is 42.7 Å². The SMILES string of the molecule is O=c1ccn2c(n1)OC(CCc1ccc(C3CCCCC3)cc1)C2. The Labute approximate surface area is 142 Å². The molecule has 24 heavy (non-hydrogen) atoms. The van der Waals surface area contributed by atoms with Gasteiger partial charge in [-0.25, -0.2) is 0 Å². The summed E-state index contributed by atoms with van der Waals surface area (Å²) in [5.74, 6) is 0.768. The van der Waals surface area contributed by atoms with Crippen LogP contribution in [-0.2, 0) is 13.0 Å². The van der Waals surface area contributed by atoms with Gasteiger partial charge in [0.1, 0.15) is 6.10 Å². The quantitative estimate of drug-likeness (QED) is 0.861. The summed E-state index contributed by atoms with van der Waals surface area (Å²) in [6.07, 6.45) is 10.7. The molecule has 2 aromatic rings. The van der Waals surface area contributed by atoms with Crippen molar-refractivity contribution in [2.24, 2.45) is 0 Å². The highest BCUT2D eigenvalue weighted by Gasteiger charge is 2.22. The highest BCUT2D eigenvalue weighted by atomic mass is 16.5. The van der Waals surface area contributed by atoms with Gasteiger partial charge in [-0.15, -0.1) is 0 Å². The largest absolute Gasteiger partial charge is 0.459 e. The van der Waals surface area contributed by atoms with Crippen LogP contribution >= 0.6 is 0 Å². The molecule has 126 valence electrons. The van der Waals surface area contributed by atoms with Crippen molar-refractivity contribution in [1.29, 1.82) is 0 Å². The van der Waals surface area contributed by atoms with Crippen LogP contribution in [0.5, 0.6) is 6.01 Å². The van der Waals surface area contributed by atoms with Crippen LogP contribution in [0.25, 0.3) is 0 Å². The molecule has 4 nitrogen and oxygen atoms in total. The Kier molecular flexibility index (Phi) is 4.37. The van der Waals surface area contributed by atoms with Crippen molar-refractivity contribution < 1.29 is 4.74 Å². The molecule has 1 aliphatic heterocycles. The van der Waals surface area contributed by atoms with Crippen LogP contribution in [0.3, 0.4) is 0 Å². The Morgan fingerprint density at radius 2 is 1.88 bits per heavy atom. The fourth-order valence-corrected chi connectivity index (χ4v) is 3.92. The molecule has 1 fully saturated rings. The molecule has 0 N–H and O–H groups in total. The number of benzene rings is 1. The summed E-state index contributed by atoms with van der Waals surface area (Å²) in [5, 5.41) is 0. The molecule has 1 unspecified atom stereocenters. The van der Waals surface area contributed by atoms with Gasteiger partial charge in [0.25, 0.3) is 11.6 Å². The average molecular weight is 324 g/mol. The summed E-state index contributed by atoms with van der Waals surface area (Å²) < 4.78 is 7.70. The van der Waals surface area contributed by atoms with E-state index in [9.17, 15) is 4.79 Å². The Bertz CT molecular complexity index is 745. The summed E-state index contributed by atoms with van der Waals surface area (Å²) in [6.45, 7) is 0.781. The molecule has 2 heterocycles. The Balaban J connectivity index is 1.33. The number of hydrogen-bond acceptors (Lipinski definition) is 3. The summed E-state index contributed by atoms with van der Waals surface area (Å²) in [5.41, 5.74) is 2.63. The molecule has 0 bridgehead atoms. The Morgan fingerprint density at radius 3 is 2.67 bits per heavy atom. The first-order chi connectivity index (χ1) is 11.8. The lowest BCUT2D eigenvalue weighted by Crippen LogP contribution is -2.15. The number of ether oxygens (including phenoxy) is 1. The molecule has 4 heteroatoms. The smallest absolute Gasteiger partial charge is 0.300 e. The first-order valence-electron chi connectivity index (χ1n) is 9.11. The van der Waals surface area contributed by atoms with Gasteiger partial charge in [0.05, 0.1) is 6.54 Å². The van der Waals surface area contributed by atoms with Crippen molar-refractivity contribution in [3.63, 3.8) is 0 Å². The molecule has 1 atom stereocenters. The molecule has 0 spiro atoms. The van der Waals surface area contributed by atoms with E-state index in [-0.39, 0.29) is 11.7 Å². The molecule has 4 rings (SSSR count). The van der Waals surface area contributed by atoms with Crippen molar-refractivity contribution in [2.45, 2.75) is 63.5 Å². The minimum absolute atomic E-state index is 0.109. The third-order valence-corrected chi connectivity index (χ3v) is 5.33. The lowest BCUT2D eigenvalue weighted by molar-refractivity contribution is 0.214. The van der Waals surface area contributed by atoms with E-state index in [0.29, 0.717) is 6.01 Å². The molecular formula is C20H24N2O2. The van der Waals surface area contributed by atoms with E-state index in [0.717, 1.165) is 25.3 Å². The van der Waals surface area contributed by atoms with Gasteiger partial charge in [-0.3, -0.25) is 9.36 Å². The van der Waals surface area contributed by atoms with Crippen LogP contribution in [-0.4, -0.2) is 15.7 Å². The van der Waals surface area contributed by atoms with Crippen molar-refractivity contribution in [1.82, 2.24) is 9.55 Å². The van der Waals surface area contributed by atoms with Crippen LogP contribution < -0.4 is 10.3 Å². The summed E-state index contributed by atoms with van der Waals surface area (Å²) >= 11 is 0. The zero-order chi connectivity index (χ0) is 16.4. The van der Waals surface area contributed by atoms with E-state index in [1.165, 1.54) is 49.3 Å². The van der Waals surface area contributed by atoms with Crippen LogP contribution in [0.15, 0.2) is 41.3 Å². The lowest BCUT2D eigenvalue weighted by atomic mass is 9.84. The highest BCUT2D eigenvalue weighted by molar-refractivity contribution is 5.26. The van der Waals surface area contributed by atoms with Gasteiger partial charge in [-0.2, -0.15) is 4.98 Å². The molecule has 2 aliphatic rings. The van der Waals surface area contributed by atoms with E-state index < -0.39 is 0 Å². The van der Waals surface area contributed by atoms with Crippen molar-refractivity contribution in [2.75, 3.05) is 0 Å². The van der Waals surface area contributed by atoms with Crippen molar-refractivity contribution >= 4 is 0 Å². The third kappa shape index (κ3) is 3.37. The van der Waals surface area contributed by atoms with E-state index >= 15 is 0 Å². The van der Waals surface area contributed by atoms with Gasteiger partial charge < -0.3 is 4.74 Å². The summed E-state index contributed by atoms with van der Waals surface area (Å²) in [4.78, 5) is 15.2. The molecule has 1 aromatic carbocycles. The van der Waals surface area contributed by atoms with Gasteiger partial charge in [0, 0.05) is 12.3 Å². The Morgan fingerprint density at radius 1 is 1.08 bits per heavy atom. The normalized spacial score (nSPS) is 20.6. The minimum atomic E-state index is -0.236. The number of nitrogens with zero attached hydrogens (tertiary/aromatic N) is 2. The van der Waals surface area contributed by atoms with Gasteiger partial charge in [0.15, 0.2) is 0 Å². The zero-order valence-corrected chi connectivity index (χ0v) is 14.0. The number of fused-ring (bicyclic) bond motifs is 1. The molecule has 1 aliphatic carbocycles. The predicted molar refractivity (Wildman–Crippen MR) is 93.5 cm³/mol. The van der Waals surface area contributed by atoms with E-state index in [1.54, 1.807) is 6.20 Å². The average Bonchev–Trinajstić information content (AvgIpc) is 3.03. The predicted octanol–water partition coefficient (Wildman–Crippen LogP) is 3.68. The maximum absolute atomic E-state index is 11.3. The molecule has 0 saturated heterocycles. The number of rotatable bonds is 4. The Hall–Kier alpha value is -2.10. The molecule has 1 saturated carbocycles. The second kappa shape index (κ2) is 6.80. The number of aromatic nitrogens is 2. The lowest BCUT2D eigenvalue weighted by Gasteiger charge is -2.22. The maximum Gasteiger partial charge on any atom is 0.300 e. The van der Waals surface area contributed by atoms with Gasteiger partial charge in [0.2, 0.25) is 0 Å². The van der Waals surface area contributed by atoms with Crippen molar-refractivity contribution in [3.05, 3.63) is 58.0 Å². The summed E-state index contributed by atoms with van der Waals surface area (Å²) in [6, 6.07) is 11.1. The van der Waals surface area contributed by atoms with Crippen LogP contribution in [0.4, 0.5) is 0 Å². The second-order valence-electron chi connectivity index (χ2n) is 7.06. The molecular weight excluding hydrogens is 300 g/mol. The van der Waals surface area contributed by atoms with Crippen LogP contribution in [0.1, 0.15) is 55.6 Å². The fourth-order valence-electron chi connectivity index (χ4n) is 3.92. The first-order valence-corrected chi connectivity index (χ1v) is 9.11. The second-order valence-corrected chi connectivity index (χ2v) is 7.06. The van der Waals surface area contributed by atoms with Crippen LogP contribution in [0, 0.1) is 0 Å². The molecule has 1 aromatic heterocycles. The first kappa shape index (κ1) is 15.4. The van der Waals surface area contributed by atoms with Crippen LogP contribution in [0.2, 0.25) is 0 Å². The summed E-state index contributed by atoms with van der Waals surface area (Å²) in [7, 11) is 0. The number of hydrogen-bond donors (Lipinski definition) is 0. The van der Waals surface area contributed by atoms with Gasteiger partial charge in [-0.1, -0.05) is 43.5 Å². The topological polar surface area (TPSA) is 44.1 Å². The highest BCUT2D eigenvalue weighted by Crippen LogP contribution is 2.32. The van der Waals surface area contributed by atoms with E-state index in [4.69, 9.17) is 4.74 Å². The molecule has 0 radical (unpaired) electrons. The maximum atomic E-state index is 11.3. The third-order valence-electron chi connectivity index (χ3n) is 5.33. The van der Waals surface area contributed by atoms with Gasteiger partial charge >= 0.3 is 0 Å². The fraction of sp³-hybridized carbons (Fsp3) is 0.500. The van der Waals surface area contributed by atoms with E-state index in [1.807, 2.05) is 4.57 Å². The minimum Gasteiger partial charge on any atom is -0.459 e. The monoisotopic (exact) mass is 324 g/mol. The zero-order valence-electron chi connectivity index (χ0n) is 14.0. The standard InChI is InChI=1S/C20H24N2O2/c23-19-12-13-22-14-18(24-20(22)21-19)11-8-15-6-9-17(10-7-15)16-4-2-1-3-5-16/h6-7,9-10,12-13,16,18H,1-5,8,11,14H2. The number of aryl methyl sites for hydroxylation is 1. The molecule has 0 amide bonds. The van der Waals surface area contributed by atoms with Crippen molar-refractivity contribution in [3.8, 4) is 6.01 Å².